The maximum atomic E-state index is 11.8. The van der Waals surface area contributed by atoms with Crippen LogP contribution in [0.15, 0.2) is 48.8 Å². The van der Waals surface area contributed by atoms with Crippen molar-refractivity contribution in [3.63, 3.8) is 0 Å². The molecule has 4 aromatic rings. The first-order valence-electron chi connectivity index (χ1n) is 10.5. The zero-order chi connectivity index (χ0) is 23.1. The molecule has 2 aromatic heterocycles. The fourth-order valence-electron chi connectivity index (χ4n) is 4.23. The minimum absolute atomic E-state index is 0.176. The summed E-state index contributed by atoms with van der Waals surface area (Å²) in [4.78, 5) is 23.0. The Hall–Kier alpha value is -3.62. The van der Waals surface area contributed by atoms with E-state index in [2.05, 4.69) is 39.4 Å². The average Bonchev–Trinajstić information content (AvgIpc) is 3.20. The molecule has 0 aliphatic carbocycles. The van der Waals surface area contributed by atoms with Crippen molar-refractivity contribution in [2.45, 2.75) is 13.0 Å². The summed E-state index contributed by atoms with van der Waals surface area (Å²) in [5, 5.41) is 13.8. The van der Waals surface area contributed by atoms with Crippen LogP contribution < -0.4 is 10.1 Å². The maximum Gasteiger partial charge on any atom is 0.337 e. The van der Waals surface area contributed by atoms with Crippen molar-refractivity contribution < 1.29 is 14.6 Å². The number of carbonyl (C=O) groups is 1. The normalized spacial score (nSPS) is 13.7. The maximum absolute atomic E-state index is 11.8. The third-order valence-electron chi connectivity index (χ3n) is 5.87. The molecule has 0 spiro atoms. The number of methoxy groups -OCH3 is 1. The molecule has 5 rings (SSSR count). The Morgan fingerprint density at radius 1 is 1.24 bits per heavy atom. The quantitative estimate of drug-likeness (QED) is 0.449. The van der Waals surface area contributed by atoms with Crippen LogP contribution in [0.25, 0.3) is 16.7 Å². The van der Waals surface area contributed by atoms with Gasteiger partial charge in [0.05, 0.1) is 30.1 Å². The van der Waals surface area contributed by atoms with Crippen molar-refractivity contribution in [3.8, 4) is 11.6 Å². The van der Waals surface area contributed by atoms with Crippen LogP contribution >= 0.6 is 11.6 Å². The molecule has 0 saturated heterocycles. The average molecular weight is 464 g/mol. The third kappa shape index (κ3) is 3.88. The zero-order valence-electron chi connectivity index (χ0n) is 18.2. The highest BCUT2D eigenvalue weighted by Crippen LogP contribution is 2.34. The lowest BCUT2D eigenvalue weighted by atomic mass is 9.99. The summed E-state index contributed by atoms with van der Waals surface area (Å²) in [6.45, 7) is 1.86. The summed E-state index contributed by atoms with van der Waals surface area (Å²) in [5.74, 6) is 0.399. The lowest BCUT2D eigenvalue weighted by Crippen LogP contribution is -2.26. The Kier molecular flexibility index (Phi) is 5.39. The second kappa shape index (κ2) is 8.38. The molecule has 1 aliphatic heterocycles. The number of aromatic nitrogens is 3. The Balaban J connectivity index is 1.57. The summed E-state index contributed by atoms with van der Waals surface area (Å²) in [5.41, 5.74) is 4.12. The number of aromatic carboxylic acids is 1. The van der Waals surface area contributed by atoms with Gasteiger partial charge in [-0.05, 0) is 42.8 Å². The zero-order valence-corrected chi connectivity index (χ0v) is 18.9. The number of rotatable bonds is 5. The van der Waals surface area contributed by atoms with Crippen molar-refractivity contribution in [2.24, 2.45) is 0 Å². The van der Waals surface area contributed by atoms with E-state index in [-0.39, 0.29) is 5.56 Å². The van der Waals surface area contributed by atoms with Crippen molar-refractivity contribution in [3.05, 3.63) is 70.5 Å². The van der Waals surface area contributed by atoms with Crippen LogP contribution in [0.4, 0.5) is 11.6 Å². The molecule has 3 heterocycles. The summed E-state index contributed by atoms with van der Waals surface area (Å²) in [7, 11) is 3.73. The van der Waals surface area contributed by atoms with Crippen LogP contribution in [-0.4, -0.2) is 51.2 Å². The van der Waals surface area contributed by atoms with Gasteiger partial charge >= 0.3 is 5.97 Å². The number of halogens is 1. The van der Waals surface area contributed by atoms with Gasteiger partial charge in [-0.25, -0.2) is 9.78 Å². The van der Waals surface area contributed by atoms with E-state index in [4.69, 9.17) is 16.3 Å². The molecule has 9 heteroatoms. The van der Waals surface area contributed by atoms with Gasteiger partial charge in [0, 0.05) is 24.7 Å². The molecule has 0 bridgehead atoms. The first kappa shape index (κ1) is 21.2. The molecule has 0 fully saturated rings. The Morgan fingerprint density at radius 2 is 2.06 bits per heavy atom. The van der Waals surface area contributed by atoms with Gasteiger partial charge in [0.2, 0.25) is 5.95 Å². The van der Waals surface area contributed by atoms with Gasteiger partial charge in [-0.2, -0.15) is 4.98 Å². The molecule has 0 unspecified atom stereocenters. The van der Waals surface area contributed by atoms with E-state index in [1.807, 2.05) is 12.1 Å². The largest absolute Gasteiger partial charge is 0.495 e. The monoisotopic (exact) mass is 463 g/mol. The van der Waals surface area contributed by atoms with Crippen LogP contribution in [0.5, 0.6) is 5.75 Å². The van der Waals surface area contributed by atoms with Crippen LogP contribution in [0.2, 0.25) is 5.02 Å². The highest BCUT2D eigenvalue weighted by atomic mass is 35.5. The van der Waals surface area contributed by atoms with Crippen LogP contribution in [0.1, 0.15) is 21.5 Å². The predicted molar refractivity (Wildman–Crippen MR) is 127 cm³/mol. The van der Waals surface area contributed by atoms with Crippen molar-refractivity contribution in [2.75, 3.05) is 26.0 Å². The van der Waals surface area contributed by atoms with Crippen molar-refractivity contribution in [1.29, 1.82) is 0 Å². The van der Waals surface area contributed by atoms with Gasteiger partial charge in [0.1, 0.15) is 10.8 Å². The number of ether oxygens (including phenoxy) is 1. The standard InChI is InChI=1S/C24H22ClN5O3/c1-29-8-7-14-10-21(33-2)19(9-15(14)12-29)27-24-26-11-18(25)22(28-24)30-13-17(23(31)32)16-5-3-4-6-20(16)30/h3-6,9-11,13H,7-8,12H2,1-2H3,(H,31,32)(H,26,27,28). The molecular formula is C24H22ClN5O3. The first-order chi connectivity index (χ1) is 15.9. The Bertz CT molecular complexity index is 1380. The molecule has 8 nitrogen and oxygen atoms in total. The number of hydrogen-bond donors (Lipinski definition) is 2. The number of carboxylic acids is 1. The van der Waals surface area contributed by atoms with E-state index < -0.39 is 5.97 Å². The number of carboxylic acid groups (broad SMARTS) is 1. The van der Waals surface area contributed by atoms with Crippen molar-refractivity contribution in [1.82, 2.24) is 19.4 Å². The topological polar surface area (TPSA) is 92.5 Å². The lowest BCUT2D eigenvalue weighted by Gasteiger charge is -2.26. The highest BCUT2D eigenvalue weighted by molar-refractivity contribution is 6.32. The number of fused-ring (bicyclic) bond motifs is 2. The number of likely N-dealkylation sites (N-methyl/N-ethyl adjacent to an activating group) is 1. The first-order valence-corrected chi connectivity index (χ1v) is 10.8. The van der Waals surface area contributed by atoms with E-state index in [1.54, 1.807) is 23.8 Å². The second-order valence-corrected chi connectivity index (χ2v) is 8.44. The molecular weight excluding hydrogens is 442 g/mol. The fraction of sp³-hybridized carbons (Fsp3) is 0.208. The smallest absolute Gasteiger partial charge is 0.337 e. The summed E-state index contributed by atoms with van der Waals surface area (Å²) >= 11 is 6.44. The van der Waals surface area contributed by atoms with Gasteiger partial charge < -0.3 is 20.1 Å². The van der Waals surface area contributed by atoms with E-state index in [9.17, 15) is 9.90 Å². The number of nitrogens with one attached hydrogen (secondary N) is 1. The minimum atomic E-state index is -1.02. The van der Waals surface area contributed by atoms with Gasteiger partial charge in [0.25, 0.3) is 0 Å². The molecule has 0 amide bonds. The molecule has 0 atom stereocenters. The summed E-state index contributed by atoms with van der Waals surface area (Å²) in [6.07, 6.45) is 4.00. The minimum Gasteiger partial charge on any atom is -0.495 e. The third-order valence-corrected chi connectivity index (χ3v) is 6.13. The molecule has 168 valence electrons. The fourth-order valence-corrected chi connectivity index (χ4v) is 4.41. The van der Waals surface area contributed by atoms with Crippen LogP contribution in [-0.2, 0) is 13.0 Å². The van der Waals surface area contributed by atoms with Gasteiger partial charge in [-0.15, -0.1) is 0 Å². The Morgan fingerprint density at radius 3 is 2.85 bits per heavy atom. The molecule has 2 aromatic carbocycles. The number of hydrogen-bond acceptors (Lipinski definition) is 6. The Labute approximate surface area is 195 Å². The molecule has 1 aliphatic rings. The summed E-state index contributed by atoms with van der Waals surface area (Å²) < 4.78 is 7.28. The number of nitrogens with zero attached hydrogens (tertiary/aromatic N) is 4. The number of anilines is 2. The van der Waals surface area contributed by atoms with Gasteiger partial charge in [-0.3, -0.25) is 4.57 Å². The molecule has 0 radical (unpaired) electrons. The van der Waals surface area contributed by atoms with Crippen LogP contribution in [0, 0.1) is 0 Å². The van der Waals surface area contributed by atoms with E-state index in [0.717, 1.165) is 25.2 Å². The predicted octanol–water partition coefficient (Wildman–Crippen LogP) is 4.51. The molecule has 0 saturated carbocycles. The number of benzene rings is 2. The molecule has 33 heavy (non-hydrogen) atoms. The molecule has 2 N–H and O–H groups in total. The van der Waals surface area contributed by atoms with Gasteiger partial charge in [-0.1, -0.05) is 29.8 Å². The van der Waals surface area contributed by atoms with Crippen molar-refractivity contribution >= 4 is 40.1 Å². The summed E-state index contributed by atoms with van der Waals surface area (Å²) in [6, 6.07) is 11.4. The number of para-hydroxylation sites is 1. The van der Waals surface area contributed by atoms with E-state index in [0.29, 0.717) is 33.4 Å². The second-order valence-electron chi connectivity index (χ2n) is 8.03. The SMILES string of the molecule is COc1cc2c(cc1Nc1ncc(Cl)c(-n3cc(C(=O)O)c4ccccc43)n1)CN(C)CC2. The van der Waals surface area contributed by atoms with E-state index in [1.165, 1.54) is 23.5 Å². The van der Waals surface area contributed by atoms with E-state index >= 15 is 0 Å². The highest BCUT2D eigenvalue weighted by Gasteiger charge is 2.20. The van der Waals surface area contributed by atoms with Gasteiger partial charge in [0.15, 0.2) is 5.82 Å². The van der Waals surface area contributed by atoms with Crippen LogP contribution in [0.3, 0.4) is 0 Å². The lowest BCUT2D eigenvalue weighted by molar-refractivity contribution is 0.0699.